The molecule has 2 heteroatoms. The van der Waals surface area contributed by atoms with E-state index in [4.69, 9.17) is 10.5 Å². The minimum absolute atomic E-state index is 0.0790. The molecule has 1 atom stereocenters. The molecular weight excluding hydrogens is 246 g/mol. The first-order chi connectivity index (χ1) is 9.65. The topological polar surface area (TPSA) is 35.2 Å². The number of benzene rings is 2. The molecule has 0 fully saturated rings. The number of hydrogen-bond donors (Lipinski definition) is 1. The molecule has 0 aliphatic rings. The van der Waals surface area contributed by atoms with Crippen LogP contribution in [0.5, 0.6) is 5.75 Å². The van der Waals surface area contributed by atoms with Gasteiger partial charge in [-0.1, -0.05) is 56.3 Å². The molecular formula is C18H23NO. The van der Waals surface area contributed by atoms with E-state index in [-0.39, 0.29) is 6.04 Å². The van der Waals surface area contributed by atoms with Crippen molar-refractivity contribution in [3.05, 3.63) is 65.7 Å². The van der Waals surface area contributed by atoms with Crippen molar-refractivity contribution in [2.45, 2.75) is 32.9 Å². The van der Waals surface area contributed by atoms with Gasteiger partial charge in [0, 0.05) is 6.04 Å². The molecule has 2 aromatic rings. The van der Waals surface area contributed by atoms with E-state index < -0.39 is 0 Å². The second-order valence-electron chi connectivity index (χ2n) is 5.58. The van der Waals surface area contributed by atoms with Crippen LogP contribution in [0.2, 0.25) is 0 Å². The lowest BCUT2D eigenvalue weighted by Gasteiger charge is -2.15. The molecule has 106 valence electrons. The molecule has 0 aromatic heterocycles. The van der Waals surface area contributed by atoms with Crippen molar-refractivity contribution >= 4 is 0 Å². The largest absolute Gasteiger partial charge is 0.489 e. The Morgan fingerprint density at radius 2 is 1.75 bits per heavy atom. The smallest absolute Gasteiger partial charge is 0.120 e. The SMILES string of the molecule is CC(C)C[C@H](N)c1cccc(OCc2ccccc2)c1. The van der Waals surface area contributed by atoms with Gasteiger partial charge in [0.1, 0.15) is 12.4 Å². The number of nitrogens with two attached hydrogens (primary N) is 1. The Morgan fingerprint density at radius 3 is 2.45 bits per heavy atom. The summed E-state index contributed by atoms with van der Waals surface area (Å²) in [6, 6.07) is 18.4. The predicted octanol–water partition coefficient (Wildman–Crippen LogP) is 4.31. The molecule has 0 aliphatic carbocycles. The number of rotatable bonds is 6. The highest BCUT2D eigenvalue weighted by atomic mass is 16.5. The van der Waals surface area contributed by atoms with Gasteiger partial charge in [-0.2, -0.15) is 0 Å². The fourth-order valence-corrected chi connectivity index (χ4v) is 2.22. The van der Waals surface area contributed by atoms with Gasteiger partial charge in [-0.3, -0.25) is 0 Å². The lowest BCUT2D eigenvalue weighted by atomic mass is 9.98. The molecule has 20 heavy (non-hydrogen) atoms. The standard InChI is InChI=1S/C18H23NO/c1-14(2)11-18(19)16-9-6-10-17(12-16)20-13-15-7-4-3-5-8-15/h3-10,12,14,18H,11,13,19H2,1-2H3/t18-/m0/s1. The number of ether oxygens (including phenoxy) is 1. The first-order valence-electron chi connectivity index (χ1n) is 7.17. The van der Waals surface area contributed by atoms with Gasteiger partial charge in [0.05, 0.1) is 0 Å². The summed E-state index contributed by atoms with van der Waals surface area (Å²) in [4.78, 5) is 0. The highest BCUT2D eigenvalue weighted by Gasteiger charge is 2.09. The Labute approximate surface area is 121 Å². The third kappa shape index (κ3) is 4.39. The van der Waals surface area contributed by atoms with E-state index in [1.807, 2.05) is 30.3 Å². The van der Waals surface area contributed by atoms with E-state index in [9.17, 15) is 0 Å². The maximum atomic E-state index is 6.22. The van der Waals surface area contributed by atoms with E-state index in [0.29, 0.717) is 12.5 Å². The normalized spacial score (nSPS) is 12.4. The zero-order valence-electron chi connectivity index (χ0n) is 12.3. The third-order valence-electron chi connectivity index (χ3n) is 3.26. The molecule has 2 rings (SSSR count). The van der Waals surface area contributed by atoms with Crippen LogP contribution in [0.3, 0.4) is 0 Å². The zero-order valence-corrected chi connectivity index (χ0v) is 12.3. The molecule has 0 saturated heterocycles. The Kier molecular flexibility index (Phi) is 5.19. The summed E-state index contributed by atoms with van der Waals surface area (Å²) in [5.74, 6) is 1.48. The van der Waals surface area contributed by atoms with Crippen LogP contribution >= 0.6 is 0 Å². The average Bonchev–Trinajstić information content (AvgIpc) is 2.46. The molecule has 2 nitrogen and oxygen atoms in total. The van der Waals surface area contributed by atoms with Gasteiger partial charge in [0.15, 0.2) is 0 Å². The van der Waals surface area contributed by atoms with Gasteiger partial charge in [0.25, 0.3) is 0 Å². The van der Waals surface area contributed by atoms with Crippen molar-refractivity contribution in [3.63, 3.8) is 0 Å². The van der Waals surface area contributed by atoms with Crippen molar-refractivity contribution in [2.24, 2.45) is 11.7 Å². The van der Waals surface area contributed by atoms with Gasteiger partial charge < -0.3 is 10.5 Å². The van der Waals surface area contributed by atoms with E-state index >= 15 is 0 Å². The van der Waals surface area contributed by atoms with Crippen LogP contribution in [0.4, 0.5) is 0 Å². The monoisotopic (exact) mass is 269 g/mol. The zero-order chi connectivity index (χ0) is 14.4. The van der Waals surface area contributed by atoms with Gasteiger partial charge >= 0.3 is 0 Å². The third-order valence-corrected chi connectivity index (χ3v) is 3.26. The Balaban J connectivity index is 1.99. The second-order valence-corrected chi connectivity index (χ2v) is 5.58. The highest BCUT2D eigenvalue weighted by molar-refractivity contribution is 5.30. The Morgan fingerprint density at radius 1 is 1.00 bits per heavy atom. The quantitative estimate of drug-likeness (QED) is 0.848. The van der Waals surface area contributed by atoms with Crippen LogP contribution in [0.15, 0.2) is 54.6 Å². The molecule has 0 spiro atoms. The molecule has 2 aromatic carbocycles. The van der Waals surface area contributed by atoms with Crippen LogP contribution < -0.4 is 10.5 Å². The van der Waals surface area contributed by atoms with E-state index in [1.54, 1.807) is 0 Å². The van der Waals surface area contributed by atoms with Gasteiger partial charge in [-0.05, 0) is 35.6 Å². The molecule has 2 N–H and O–H groups in total. The summed E-state index contributed by atoms with van der Waals surface area (Å²) in [7, 11) is 0. The Hall–Kier alpha value is -1.80. The number of hydrogen-bond acceptors (Lipinski definition) is 2. The maximum absolute atomic E-state index is 6.22. The van der Waals surface area contributed by atoms with Crippen molar-refractivity contribution in [1.82, 2.24) is 0 Å². The average molecular weight is 269 g/mol. The van der Waals surface area contributed by atoms with Crippen LogP contribution in [0.25, 0.3) is 0 Å². The first kappa shape index (κ1) is 14.6. The summed E-state index contributed by atoms with van der Waals surface area (Å²) in [5.41, 5.74) is 8.53. The highest BCUT2D eigenvalue weighted by Crippen LogP contribution is 2.23. The van der Waals surface area contributed by atoms with Crippen LogP contribution in [0.1, 0.15) is 37.4 Å². The van der Waals surface area contributed by atoms with Crippen LogP contribution in [-0.2, 0) is 6.61 Å². The molecule has 0 radical (unpaired) electrons. The molecule has 0 heterocycles. The van der Waals surface area contributed by atoms with Crippen molar-refractivity contribution < 1.29 is 4.74 Å². The molecule has 0 bridgehead atoms. The summed E-state index contributed by atoms with van der Waals surface area (Å²) in [6.45, 7) is 4.97. The van der Waals surface area contributed by atoms with Crippen LogP contribution in [-0.4, -0.2) is 0 Å². The molecule has 0 saturated carbocycles. The predicted molar refractivity (Wildman–Crippen MR) is 83.6 cm³/mol. The lowest BCUT2D eigenvalue weighted by molar-refractivity contribution is 0.305. The summed E-state index contributed by atoms with van der Waals surface area (Å²) >= 11 is 0. The minimum Gasteiger partial charge on any atom is -0.489 e. The fourth-order valence-electron chi connectivity index (χ4n) is 2.22. The maximum Gasteiger partial charge on any atom is 0.120 e. The summed E-state index contributed by atoms with van der Waals surface area (Å²) in [5, 5.41) is 0. The molecule has 0 aliphatic heterocycles. The Bertz CT molecular complexity index is 522. The minimum atomic E-state index is 0.0790. The van der Waals surface area contributed by atoms with E-state index in [1.165, 1.54) is 5.56 Å². The van der Waals surface area contributed by atoms with Crippen molar-refractivity contribution in [1.29, 1.82) is 0 Å². The van der Waals surface area contributed by atoms with Gasteiger partial charge in [-0.15, -0.1) is 0 Å². The second kappa shape index (κ2) is 7.11. The van der Waals surface area contributed by atoms with Gasteiger partial charge in [-0.25, -0.2) is 0 Å². The van der Waals surface area contributed by atoms with E-state index in [2.05, 4.69) is 38.1 Å². The van der Waals surface area contributed by atoms with E-state index in [0.717, 1.165) is 17.7 Å². The first-order valence-corrected chi connectivity index (χ1v) is 7.17. The van der Waals surface area contributed by atoms with Crippen molar-refractivity contribution in [3.8, 4) is 5.75 Å². The van der Waals surface area contributed by atoms with Gasteiger partial charge in [0.2, 0.25) is 0 Å². The lowest BCUT2D eigenvalue weighted by Crippen LogP contribution is -2.12. The molecule has 0 amide bonds. The molecule has 0 unspecified atom stereocenters. The summed E-state index contributed by atoms with van der Waals surface area (Å²) < 4.78 is 5.83. The van der Waals surface area contributed by atoms with Crippen molar-refractivity contribution in [2.75, 3.05) is 0 Å². The van der Waals surface area contributed by atoms with Crippen LogP contribution in [0, 0.1) is 5.92 Å². The summed E-state index contributed by atoms with van der Waals surface area (Å²) in [6.07, 6.45) is 0.988. The fraction of sp³-hybridized carbons (Fsp3) is 0.333.